The number of benzene rings is 3. The molecule has 0 saturated carbocycles. The van der Waals surface area contributed by atoms with Gasteiger partial charge in [0.1, 0.15) is 17.4 Å². The van der Waals surface area contributed by atoms with Crippen molar-refractivity contribution in [1.82, 2.24) is 9.97 Å². The third-order valence-corrected chi connectivity index (χ3v) is 5.52. The van der Waals surface area contributed by atoms with E-state index in [4.69, 9.17) is 0 Å². The number of aliphatic hydroxyl groups excluding tert-OH is 1. The summed E-state index contributed by atoms with van der Waals surface area (Å²) in [6.07, 6.45) is 0. The fraction of sp³-hybridized carbons (Fsp3) is 0.0909. The molecule has 0 amide bonds. The van der Waals surface area contributed by atoms with E-state index in [1.807, 2.05) is 49.4 Å². The Labute approximate surface area is 161 Å². The first-order valence-corrected chi connectivity index (χ1v) is 9.47. The molecule has 1 unspecified atom stereocenters. The van der Waals surface area contributed by atoms with Crippen LogP contribution in [0.25, 0.3) is 27.4 Å². The molecule has 5 heteroatoms. The number of nitrogens with zero attached hydrogens (tertiary/aromatic N) is 2. The standard InChI is InChI=1S/C22H17N3OS/c1-14(27-17-11-10-15-6-2-3-7-16(15)12-17)21(26)18(13-23)22-24-19-8-4-5-9-20(19)25-22/h2-12,14,26H,1H3,(H,24,25)/b21-18-. The molecule has 27 heavy (non-hydrogen) atoms. The van der Waals surface area contributed by atoms with Gasteiger partial charge in [0.05, 0.1) is 16.3 Å². The predicted molar refractivity (Wildman–Crippen MR) is 111 cm³/mol. The number of nitrogens with one attached hydrogen (secondary N) is 1. The Balaban J connectivity index is 1.65. The van der Waals surface area contributed by atoms with Gasteiger partial charge < -0.3 is 10.1 Å². The number of hydrogen-bond acceptors (Lipinski definition) is 4. The number of aromatic nitrogens is 2. The van der Waals surface area contributed by atoms with Crippen LogP contribution in [0.15, 0.2) is 77.4 Å². The van der Waals surface area contributed by atoms with Crippen LogP contribution in [0.1, 0.15) is 12.7 Å². The van der Waals surface area contributed by atoms with E-state index in [-0.39, 0.29) is 16.6 Å². The first-order valence-electron chi connectivity index (χ1n) is 8.59. The Hall–Kier alpha value is -3.23. The highest BCUT2D eigenvalue weighted by Gasteiger charge is 2.19. The number of rotatable bonds is 4. The summed E-state index contributed by atoms with van der Waals surface area (Å²) < 4.78 is 0. The highest BCUT2D eigenvalue weighted by molar-refractivity contribution is 8.00. The van der Waals surface area contributed by atoms with Crippen molar-refractivity contribution in [1.29, 1.82) is 5.26 Å². The molecular weight excluding hydrogens is 354 g/mol. The SMILES string of the molecule is CC(Sc1ccc2ccccc2c1)/C(O)=C(\C#N)c1nc2ccccc2[nH]1. The number of aromatic amines is 1. The minimum Gasteiger partial charge on any atom is -0.510 e. The van der Waals surface area contributed by atoms with Crippen LogP contribution in [0.3, 0.4) is 0 Å². The van der Waals surface area contributed by atoms with E-state index in [1.165, 1.54) is 17.1 Å². The summed E-state index contributed by atoms with van der Waals surface area (Å²) in [4.78, 5) is 8.58. The minimum absolute atomic E-state index is 0.0229. The average molecular weight is 371 g/mol. The summed E-state index contributed by atoms with van der Waals surface area (Å²) in [5.41, 5.74) is 1.78. The van der Waals surface area contributed by atoms with Gasteiger partial charge in [-0.05, 0) is 42.0 Å². The molecular formula is C22H17N3OS. The molecule has 1 aromatic heterocycles. The summed E-state index contributed by atoms with van der Waals surface area (Å²) in [5, 5.41) is 22.3. The van der Waals surface area contributed by atoms with Gasteiger partial charge in [0.15, 0.2) is 5.82 Å². The lowest BCUT2D eigenvalue weighted by atomic mass is 10.1. The molecule has 4 nitrogen and oxygen atoms in total. The lowest BCUT2D eigenvalue weighted by molar-refractivity contribution is 0.402. The first kappa shape index (κ1) is 17.2. The van der Waals surface area contributed by atoms with Gasteiger partial charge in [-0.25, -0.2) is 4.98 Å². The summed E-state index contributed by atoms with van der Waals surface area (Å²) >= 11 is 1.51. The van der Waals surface area contributed by atoms with Crippen LogP contribution >= 0.6 is 11.8 Å². The first-order chi connectivity index (χ1) is 13.2. The highest BCUT2D eigenvalue weighted by atomic mass is 32.2. The molecule has 1 atom stereocenters. The normalized spacial score (nSPS) is 13.3. The largest absolute Gasteiger partial charge is 0.510 e. The Morgan fingerprint density at radius 3 is 2.59 bits per heavy atom. The molecule has 0 aliphatic heterocycles. The maximum Gasteiger partial charge on any atom is 0.152 e. The molecule has 0 spiro atoms. The zero-order valence-corrected chi connectivity index (χ0v) is 15.5. The number of thioether (sulfide) groups is 1. The zero-order valence-electron chi connectivity index (χ0n) is 14.7. The molecule has 0 saturated heterocycles. The smallest absolute Gasteiger partial charge is 0.152 e. The van der Waals surface area contributed by atoms with Crippen LogP contribution in [-0.2, 0) is 0 Å². The Kier molecular flexibility index (Phi) is 4.57. The van der Waals surface area contributed by atoms with E-state index in [1.54, 1.807) is 0 Å². The number of H-pyrrole nitrogens is 1. The molecule has 0 aliphatic rings. The molecule has 1 heterocycles. The van der Waals surface area contributed by atoms with Crippen molar-refractivity contribution in [3.8, 4) is 6.07 Å². The molecule has 0 aliphatic carbocycles. The Morgan fingerprint density at radius 1 is 1.07 bits per heavy atom. The zero-order chi connectivity index (χ0) is 18.8. The van der Waals surface area contributed by atoms with Crippen molar-refractivity contribution in [2.75, 3.05) is 0 Å². The van der Waals surface area contributed by atoms with Gasteiger partial charge in [-0.2, -0.15) is 5.26 Å². The van der Waals surface area contributed by atoms with Crippen molar-refractivity contribution in [2.45, 2.75) is 17.1 Å². The van der Waals surface area contributed by atoms with Crippen LogP contribution in [-0.4, -0.2) is 20.3 Å². The summed E-state index contributed by atoms with van der Waals surface area (Å²) in [5.74, 6) is 0.414. The van der Waals surface area contributed by atoms with Crippen LogP contribution < -0.4 is 0 Å². The molecule has 0 fully saturated rings. The second-order valence-electron chi connectivity index (χ2n) is 6.24. The third-order valence-electron chi connectivity index (χ3n) is 4.41. The van der Waals surface area contributed by atoms with Crippen LogP contribution in [0.5, 0.6) is 0 Å². The summed E-state index contributed by atoms with van der Waals surface area (Å²) in [7, 11) is 0. The van der Waals surface area contributed by atoms with Gasteiger partial charge in [-0.3, -0.25) is 0 Å². The predicted octanol–water partition coefficient (Wildman–Crippen LogP) is 5.69. The van der Waals surface area contributed by atoms with Crippen LogP contribution in [0.4, 0.5) is 0 Å². The second kappa shape index (κ2) is 7.18. The molecule has 0 bridgehead atoms. The lowest BCUT2D eigenvalue weighted by Gasteiger charge is -2.12. The van der Waals surface area contributed by atoms with E-state index < -0.39 is 0 Å². The molecule has 3 aromatic carbocycles. The lowest BCUT2D eigenvalue weighted by Crippen LogP contribution is -2.04. The van der Waals surface area contributed by atoms with Crippen molar-refractivity contribution < 1.29 is 5.11 Å². The summed E-state index contributed by atoms with van der Waals surface area (Å²) in [6.45, 7) is 1.88. The van der Waals surface area contributed by atoms with E-state index in [0.29, 0.717) is 5.82 Å². The quantitative estimate of drug-likeness (QED) is 0.275. The number of hydrogen-bond donors (Lipinski definition) is 2. The number of para-hydroxylation sites is 2. The van der Waals surface area contributed by atoms with Crippen LogP contribution in [0.2, 0.25) is 0 Å². The fourth-order valence-electron chi connectivity index (χ4n) is 3.01. The Morgan fingerprint density at radius 2 is 1.81 bits per heavy atom. The van der Waals surface area contributed by atoms with Gasteiger partial charge in [0.25, 0.3) is 0 Å². The van der Waals surface area contributed by atoms with Crippen LogP contribution in [0, 0.1) is 11.3 Å². The van der Waals surface area contributed by atoms with Crippen molar-refractivity contribution in [3.05, 3.63) is 78.3 Å². The van der Waals surface area contributed by atoms with Crippen molar-refractivity contribution in [3.63, 3.8) is 0 Å². The van der Waals surface area contributed by atoms with E-state index in [0.717, 1.165) is 21.3 Å². The monoisotopic (exact) mass is 371 g/mol. The number of nitriles is 1. The van der Waals surface area contributed by atoms with Crippen molar-refractivity contribution >= 4 is 39.1 Å². The third kappa shape index (κ3) is 3.40. The highest BCUT2D eigenvalue weighted by Crippen LogP contribution is 2.32. The molecule has 4 aromatic rings. The number of imidazole rings is 1. The molecule has 4 rings (SSSR count). The number of allylic oxidation sites excluding steroid dienone is 1. The molecule has 132 valence electrons. The topological polar surface area (TPSA) is 72.7 Å². The Bertz CT molecular complexity index is 1170. The maximum atomic E-state index is 10.7. The van der Waals surface area contributed by atoms with E-state index in [9.17, 15) is 10.4 Å². The molecule has 2 N–H and O–H groups in total. The molecule has 0 radical (unpaired) electrons. The average Bonchev–Trinajstić information content (AvgIpc) is 3.12. The van der Waals surface area contributed by atoms with Crippen molar-refractivity contribution in [2.24, 2.45) is 0 Å². The maximum absolute atomic E-state index is 10.7. The number of fused-ring (bicyclic) bond motifs is 2. The van der Waals surface area contributed by atoms with Gasteiger partial charge in [0, 0.05) is 4.90 Å². The summed E-state index contributed by atoms with van der Waals surface area (Å²) in [6, 6.07) is 24.0. The second-order valence-corrected chi connectivity index (χ2v) is 7.66. The van der Waals surface area contributed by atoms with Gasteiger partial charge >= 0.3 is 0 Å². The van der Waals surface area contributed by atoms with Gasteiger partial charge in [-0.1, -0.05) is 42.5 Å². The fourth-order valence-corrected chi connectivity index (χ4v) is 3.99. The van der Waals surface area contributed by atoms with E-state index >= 15 is 0 Å². The number of aliphatic hydroxyl groups is 1. The van der Waals surface area contributed by atoms with E-state index in [2.05, 4.69) is 40.3 Å². The van der Waals surface area contributed by atoms with Gasteiger partial charge in [0.2, 0.25) is 0 Å². The van der Waals surface area contributed by atoms with Gasteiger partial charge in [-0.15, -0.1) is 11.8 Å². The minimum atomic E-state index is -0.283.